The van der Waals surface area contributed by atoms with Crippen molar-refractivity contribution in [2.75, 3.05) is 26.8 Å². The monoisotopic (exact) mass is 464 g/mol. The number of ketones is 1. The average Bonchev–Trinajstić information content (AvgIpc) is 3.14. The van der Waals surface area contributed by atoms with E-state index >= 15 is 0 Å². The van der Waals surface area contributed by atoms with Gasteiger partial charge in [0.1, 0.15) is 12.4 Å². The van der Waals surface area contributed by atoms with Crippen LogP contribution >= 0.6 is 6.72 Å². The molecule has 0 spiro atoms. The topological polar surface area (TPSA) is 94.2 Å². The molecule has 30 heavy (non-hydrogen) atoms. The van der Waals surface area contributed by atoms with Crippen LogP contribution in [-0.2, 0) is 39.8 Å². The third-order valence-electron chi connectivity index (χ3n) is 5.25. The Morgan fingerprint density at radius 1 is 1.23 bits per heavy atom. The van der Waals surface area contributed by atoms with Gasteiger partial charge in [0.2, 0.25) is 11.8 Å². The van der Waals surface area contributed by atoms with Gasteiger partial charge in [-0.3, -0.25) is 18.9 Å². The maximum absolute atomic E-state index is 12.7. The Bertz CT molecular complexity index is 612. The summed E-state index contributed by atoms with van der Waals surface area (Å²) >= 11 is 5.45. The maximum atomic E-state index is 12.7. The van der Waals surface area contributed by atoms with E-state index in [0.717, 1.165) is 12.8 Å². The minimum absolute atomic E-state index is 0.0981. The number of Topliss-reactive ketones (excluding diaryl/α,β-unsaturated/α-hetero) is 1. The van der Waals surface area contributed by atoms with Crippen molar-refractivity contribution in [3.05, 3.63) is 0 Å². The van der Waals surface area contributed by atoms with Gasteiger partial charge in [-0.25, -0.2) is 0 Å². The van der Waals surface area contributed by atoms with Gasteiger partial charge in [-0.15, -0.1) is 0 Å². The summed E-state index contributed by atoms with van der Waals surface area (Å²) in [6.45, 7) is 5.24. The SMILES string of the molecule is CCC(=O)CCC(CNC(=O)CC)OP(=S)(OC)OCC(=O)N1C[C@H](C)C[C@H]1CC. The number of hydrogen-bond donors (Lipinski definition) is 1. The van der Waals surface area contributed by atoms with Crippen LogP contribution in [0.25, 0.3) is 0 Å². The van der Waals surface area contributed by atoms with Crippen molar-refractivity contribution < 1.29 is 28.0 Å². The molecule has 4 atom stereocenters. The predicted octanol–water partition coefficient (Wildman–Crippen LogP) is 3.19. The molecule has 1 rings (SSSR count). The lowest BCUT2D eigenvalue weighted by Crippen LogP contribution is -2.38. The minimum atomic E-state index is -3.21. The Morgan fingerprint density at radius 2 is 1.93 bits per heavy atom. The molecular formula is C20H37N2O6PS. The van der Waals surface area contributed by atoms with Gasteiger partial charge in [-0.1, -0.05) is 27.7 Å². The lowest BCUT2D eigenvalue weighted by Gasteiger charge is -2.28. The molecular weight excluding hydrogens is 427 g/mol. The highest BCUT2D eigenvalue weighted by Crippen LogP contribution is 2.50. The quantitative estimate of drug-likeness (QED) is 0.395. The molecule has 1 N–H and O–H groups in total. The summed E-state index contributed by atoms with van der Waals surface area (Å²) in [5, 5.41) is 2.76. The molecule has 8 nitrogen and oxygen atoms in total. The molecule has 0 bridgehead atoms. The molecule has 174 valence electrons. The first kappa shape index (κ1) is 27.2. The third-order valence-corrected chi connectivity index (χ3v) is 7.72. The highest BCUT2D eigenvalue weighted by Gasteiger charge is 2.33. The van der Waals surface area contributed by atoms with Gasteiger partial charge in [0.05, 0.1) is 6.10 Å². The van der Waals surface area contributed by atoms with E-state index < -0.39 is 12.8 Å². The Morgan fingerprint density at radius 3 is 2.50 bits per heavy atom. The van der Waals surface area contributed by atoms with Crippen molar-refractivity contribution in [1.29, 1.82) is 0 Å². The van der Waals surface area contributed by atoms with Gasteiger partial charge in [-0.2, -0.15) is 0 Å². The lowest BCUT2D eigenvalue weighted by atomic mass is 10.1. The Balaban J connectivity index is 2.72. The zero-order valence-corrected chi connectivity index (χ0v) is 20.6. The number of nitrogens with zero attached hydrogens (tertiary/aromatic N) is 1. The predicted molar refractivity (Wildman–Crippen MR) is 120 cm³/mol. The van der Waals surface area contributed by atoms with Gasteiger partial charge < -0.3 is 19.3 Å². The first-order valence-corrected chi connectivity index (χ1v) is 13.3. The summed E-state index contributed by atoms with van der Waals surface area (Å²) in [6.07, 6.45) is 2.83. The van der Waals surface area contributed by atoms with Gasteiger partial charge in [0.15, 0.2) is 0 Å². The fraction of sp³-hybridized carbons (Fsp3) is 0.850. The average molecular weight is 465 g/mol. The van der Waals surface area contributed by atoms with Crippen LogP contribution in [-0.4, -0.2) is 61.4 Å². The highest BCUT2D eigenvalue weighted by atomic mass is 32.5. The number of carbonyl (C=O) groups is 3. The Labute approximate surface area is 185 Å². The molecule has 1 aliphatic heterocycles. The summed E-state index contributed by atoms with van der Waals surface area (Å²) in [4.78, 5) is 37.9. The van der Waals surface area contributed by atoms with E-state index in [2.05, 4.69) is 19.2 Å². The van der Waals surface area contributed by atoms with E-state index in [1.165, 1.54) is 7.11 Å². The lowest BCUT2D eigenvalue weighted by molar-refractivity contribution is -0.134. The molecule has 1 heterocycles. The number of nitrogens with one attached hydrogen (secondary N) is 1. The van der Waals surface area contributed by atoms with Gasteiger partial charge in [-0.05, 0) is 37.0 Å². The van der Waals surface area contributed by atoms with Crippen LogP contribution in [0.5, 0.6) is 0 Å². The third kappa shape index (κ3) is 9.10. The first-order chi connectivity index (χ1) is 14.2. The van der Waals surface area contributed by atoms with E-state index in [-0.39, 0.29) is 36.8 Å². The highest BCUT2D eigenvalue weighted by molar-refractivity contribution is 8.07. The fourth-order valence-electron chi connectivity index (χ4n) is 3.41. The summed E-state index contributed by atoms with van der Waals surface area (Å²) in [5.41, 5.74) is 0. The van der Waals surface area contributed by atoms with Gasteiger partial charge in [0, 0.05) is 45.5 Å². The molecule has 0 aromatic heterocycles. The molecule has 1 aliphatic rings. The van der Waals surface area contributed by atoms with Crippen LogP contribution in [0.4, 0.5) is 0 Å². The van der Waals surface area contributed by atoms with Crippen LogP contribution in [0.1, 0.15) is 66.2 Å². The number of hydrogen-bond acceptors (Lipinski definition) is 7. The second kappa shape index (κ2) is 13.5. The zero-order valence-electron chi connectivity index (χ0n) is 18.8. The van der Waals surface area contributed by atoms with Crippen molar-refractivity contribution in [2.45, 2.75) is 78.4 Å². The Hall–Kier alpha value is -0.860. The van der Waals surface area contributed by atoms with E-state index in [0.29, 0.717) is 38.1 Å². The minimum Gasteiger partial charge on any atom is -0.353 e. The molecule has 0 aliphatic carbocycles. The second-order valence-corrected chi connectivity index (χ2v) is 10.7. The van der Waals surface area contributed by atoms with Crippen LogP contribution in [0.2, 0.25) is 0 Å². The van der Waals surface area contributed by atoms with Crippen LogP contribution in [0.3, 0.4) is 0 Å². The molecule has 10 heteroatoms. The normalized spacial score (nSPS) is 21.8. The molecule has 1 fully saturated rings. The molecule has 2 unspecified atom stereocenters. The smallest absolute Gasteiger partial charge is 0.327 e. The first-order valence-electron chi connectivity index (χ1n) is 10.7. The number of rotatable bonds is 14. The summed E-state index contributed by atoms with van der Waals surface area (Å²) < 4.78 is 16.9. The second-order valence-electron chi connectivity index (χ2n) is 7.67. The molecule has 0 saturated carbocycles. The van der Waals surface area contributed by atoms with Crippen LogP contribution in [0.15, 0.2) is 0 Å². The van der Waals surface area contributed by atoms with E-state index in [4.69, 9.17) is 25.4 Å². The Kier molecular flexibility index (Phi) is 12.3. The van der Waals surface area contributed by atoms with Crippen LogP contribution < -0.4 is 5.32 Å². The fourth-order valence-corrected chi connectivity index (χ4v) is 5.00. The molecule has 2 amide bonds. The molecule has 0 aromatic rings. The van der Waals surface area contributed by atoms with Crippen molar-refractivity contribution in [3.8, 4) is 0 Å². The van der Waals surface area contributed by atoms with E-state index in [1.807, 2.05) is 4.90 Å². The van der Waals surface area contributed by atoms with Gasteiger partial charge in [0.25, 0.3) is 0 Å². The number of likely N-dealkylation sites (tertiary alicyclic amines) is 1. The molecule has 0 aromatic carbocycles. The van der Waals surface area contributed by atoms with E-state index in [9.17, 15) is 14.4 Å². The molecule has 0 radical (unpaired) electrons. The standard InChI is InChI=1S/C20H37N2O6PS/c1-6-16-11-15(4)13-22(16)20(25)14-27-29(30,26-5)28-18(10-9-17(23)7-2)12-21-19(24)8-3/h15-16,18H,6-14H2,1-5H3,(H,21,24)/t15-,16-,18?,29?/m1/s1. The zero-order chi connectivity index (χ0) is 22.7. The van der Waals surface area contributed by atoms with E-state index in [1.54, 1.807) is 13.8 Å². The van der Waals surface area contributed by atoms with Crippen molar-refractivity contribution in [1.82, 2.24) is 10.2 Å². The number of amides is 2. The van der Waals surface area contributed by atoms with Gasteiger partial charge >= 0.3 is 6.72 Å². The summed E-state index contributed by atoms with van der Waals surface area (Å²) in [6, 6.07) is 0.217. The van der Waals surface area contributed by atoms with Crippen molar-refractivity contribution >= 4 is 36.1 Å². The van der Waals surface area contributed by atoms with Crippen molar-refractivity contribution in [3.63, 3.8) is 0 Å². The van der Waals surface area contributed by atoms with Crippen LogP contribution in [0, 0.1) is 5.92 Å². The number of carbonyl (C=O) groups excluding carboxylic acids is 3. The maximum Gasteiger partial charge on any atom is 0.327 e. The largest absolute Gasteiger partial charge is 0.353 e. The van der Waals surface area contributed by atoms with Crippen molar-refractivity contribution in [2.24, 2.45) is 5.92 Å². The summed E-state index contributed by atoms with van der Waals surface area (Å²) in [7, 11) is 1.39. The summed E-state index contributed by atoms with van der Waals surface area (Å²) in [5.74, 6) is 0.309. The molecule has 1 saturated heterocycles.